The minimum Gasteiger partial charge on any atom is -0.400 e. The van der Waals surface area contributed by atoms with Crippen molar-refractivity contribution in [2.75, 3.05) is 20.3 Å². The van der Waals surface area contributed by atoms with Gasteiger partial charge in [-0.3, -0.25) is 4.79 Å². The Hall–Kier alpha value is -2.31. The van der Waals surface area contributed by atoms with Crippen molar-refractivity contribution in [2.45, 2.75) is 83.1 Å². The van der Waals surface area contributed by atoms with Gasteiger partial charge in [0.05, 0.1) is 13.2 Å². The lowest BCUT2D eigenvalue weighted by atomic mass is 9.90. The van der Waals surface area contributed by atoms with Gasteiger partial charge < -0.3 is 14.6 Å². The van der Waals surface area contributed by atoms with Gasteiger partial charge in [-0.25, -0.2) is 9.36 Å². The van der Waals surface area contributed by atoms with E-state index < -0.39 is 11.3 Å². The zero-order chi connectivity index (χ0) is 22.7. The number of aliphatic hydroxyl groups is 1. The van der Waals surface area contributed by atoms with Gasteiger partial charge in [-0.1, -0.05) is 0 Å². The van der Waals surface area contributed by atoms with Crippen molar-refractivity contribution in [1.29, 1.82) is 0 Å². The average molecular weight is 437 g/mol. The maximum Gasteiger partial charge on any atom is 0.193 e. The molecule has 0 radical (unpaired) electrons. The van der Waals surface area contributed by atoms with Gasteiger partial charge in [0.15, 0.2) is 23.2 Å². The van der Waals surface area contributed by atoms with E-state index in [2.05, 4.69) is 44.9 Å². The van der Waals surface area contributed by atoms with E-state index in [4.69, 9.17) is 14.6 Å². The predicted octanol–water partition coefficient (Wildman–Crippen LogP) is 0.410. The molecule has 5 heterocycles. The molecule has 12 nitrogen and oxygen atoms in total. The van der Waals surface area contributed by atoms with Crippen molar-refractivity contribution in [3.05, 3.63) is 11.6 Å². The van der Waals surface area contributed by atoms with Gasteiger partial charge in [0.25, 0.3) is 0 Å². The van der Waals surface area contributed by atoms with Gasteiger partial charge in [0, 0.05) is 32.8 Å². The topological polar surface area (TPSA) is 143 Å². The minimum atomic E-state index is -0.574. The van der Waals surface area contributed by atoms with Crippen molar-refractivity contribution < 1.29 is 19.4 Å². The van der Waals surface area contributed by atoms with Crippen molar-refractivity contribution in [1.82, 2.24) is 40.4 Å². The summed E-state index contributed by atoms with van der Waals surface area (Å²) in [7, 11) is 1.00. The van der Waals surface area contributed by atoms with Crippen LogP contribution in [0, 0.1) is 0 Å². The molecular formula is C19H32N8O4. The Labute approximate surface area is 181 Å². The number of hydrogen-bond acceptors (Lipinski definition) is 10. The Kier molecular flexibility index (Phi) is 6.82. The zero-order valence-electron chi connectivity index (χ0n) is 18.9. The molecule has 1 N–H and O–H groups in total. The van der Waals surface area contributed by atoms with Crippen LogP contribution in [-0.4, -0.2) is 77.4 Å². The fourth-order valence-corrected chi connectivity index (χ4v) is 4.32. The van der Waals surface area contributed by atoms with Crippen LogP contribution in [0.5, 0.6) is 0 Å². The molecule has 2 aromatic rings. The Morgan fingerprint density at radius 1 is 0.839 bits per heavy atom. The quantitative estimate of drug-likeness (QED) is 0.616. The first-order chi connectivity index (χ1) is 14.8. The van der Waals surface area contributed by atoms with Crippen molar-refractivity contribution in [2.24, 2.45) is 0 Å². The van der Waals surface area contributed by atoms with Crippen molar-refractivity contribution in [3.8, 4) is 0 Å². The van der Waals surface area contributed by atoms with Gasteiger partial charge in [-0.15, -0.1) is 10.2 Å². The number of ether oxygens (including phenoxy) is 2. The van der Waals surface area contributed by atoms with Gasteiger partial charge in [0.2, 0.25) is 0 Å². The fraction of sp³-hybridized carbons (Fsp3) is 0.842. The standard InChI is InChI=1S/C10H16N4O2.C8H12N4O.CH4O/c1-9(2)10(15-6-7-16-10)5-3-4-8-11-12-13-14(8)9;1-8(2)6(13)4-3-5-7-9-10-11-12(7)8;1-2/h3-7H2,1-2H3;3-5H2,1-2H3;2H,1H3. The minimum absolute atomic E-state index is 0.207. The van der Waals surface area contributed by atoms with Crippen molar-refractivity contribution >= 4 is 5.78 Å². The maximum atomic E-state index is 11.7. The second-order valence-electron chi connectivity index (χ2n) is 8.71. The number of tetrazole rings is 2. The molecule has 2 aromatic heterocycles. The number of aliphatic hydroxyl groups excluding tert-OH is 1. The van der Waals surface area contributed by atoms with Crippen LogP contribution < -0.4 is 0 Å². The molecule has 172 valence electrons. The van der Waals surface area contributed by atoms with E-state index in [9.17, 15) is 4.79 Å². The molecule has 1 spiro atoms. The maximum absolute atomic E-state index is 11.7. The number of nitrogens with zero attached hydrogens (tertiary/aromatic N) is 8. The van der Waals surface area contributed by atoms with Gasteiger partial charge in [-0.05, 0) is 61.4 Å². The number of Topliss-reactive ketones (excluding diaryl/α,β-unsaturated/α-hetero) is 1. The molecule has 1 saturated heterocycles. The summed E-state index contributed by atoms with van der Waals surface area (Å²) in [4.78, 5) is 11.7. The largest absolute Gasteiger partial charge is 0.400 e. The molecule has 0 bridgehead atoms. The monoisotopic (exact) mass is 436 g/mol. The predicted molar refractivity (Wildman–Crippen MR) is 108 cm³/mol. The second-order valence-corrected chi connectivity index (χ2v) is 8.71. The molecule has 0 unspecified atom stereocenters. The molecule has 5 rings (SSSR count). The number of rotatable bonds is 0. The Morgan fingerprint density at radius 2 is 1.39 bits per heavy atom. The molecule has 1 fully saturated rings. The average Bonchev–Trinajstić information content (AvgIpc) is 3.49. The SMILES string of the molecule is CC1(C)C(=O)CCCc2nnnn21.CC1(C)n2nnnc2CCCC12OCCO2.CO. The highest BCUT2D eigenvalue weighted by atomic mass is 16.7. The third-order valence-electron chi connectivity index (χ3n) is 6.21. The van der Waals surface area contributed by atoms with E-state index in [1.165, 1.54) is 0 Å². The van der Waals surface area contributed by atoms with Crippen LogP contribution in [0.1, 0.15) is 65.0 Å². The first kappa shape index (κ1) is 23.4. The Morgan fingerprint density at radius 3 is 2.03 bits per heavy atom. The van der Waals surface area contributed by atoms with E-state index >= 15 is 0 Å². The lowest BCUT2D eigenvalue weighted by molar-refractivity contribution is -0.225. The number of aryl methyl sites for hydroxylation is 2. The number of fused-ring (bicyclic) bond motifs is 2. The van der Waals surface area contributed by atoms with E-state index in [1.807, 2.05) is 18.5 Å². The number of carbonyl (C=O) groups is 1. The smallest absolute Gasteiger partial charge is 0.193 e. The van der Waals surface area contributed by atoms with Crippen molar-refractivity contribution in [3.63, 3.8) is 0 Å². The zero-order valence-corrected chi connectivity index (χ0v) is 18.9. The van der Waals surface area contributed by atoms with Crippen LogP contribution >= 0.6 is 0 Å². The van der Waals surface area contributed by atoms with E-state index in [-0.39, 0.29) is 11.3 Å². The highest BCUT2D eigenvalue weighted by Crippen LogP contribution is 2.42. The summed E-state index contributed by atoms with van der Waals surface area (Å²) >= 11 is 0. The number of aromatic nitrogens is 8. The van der Waals surface area contributed by atoms with Crippen LogP contribution in [-0.2, 0) is 38.2 Å². The second kappa shape index (κ2) is 9.05. The summed E-state index contributed by atoms with van der Waals surface area (Å²) in [5.74, 6) is 1.38. The van der Waals surface area contributed by atoms with E-state index in [0.717, 1.165) is 50.9 Å². The fourth-order valence-electron chi connectivity index (χ4n) is 4.32. The summed E-state index contributed by atoms with van der Waals surface area (Å²) in [6, 6.07) is 0. The van der Waals surface area contributed by atoms with Crippen LogP contribution in [0.4, 0.5) is 0 Å². The van der Waals surface area contributed by atoms with Gasteiger partial charge in [-0.2, -0.15) is 0 Å². The number of ketones is 1. The molecular weight excluding hydrogens is 404 g/mol. The molecule has 3 aliphatic heterocycles. The summed E-state index contributed by atoms with van der Waals surface area (Å²) in [5.41, 5.74) is -0.936. The highest BCUT2D eigenvalue weighted by Gasteiger charge is 2.54. The van der Waals surface area contributed by atoms with Gasteiger partial charge in [0.1, 0.15) is 11.1 Å². The van der Waals surface area contributed by atoms with Crippen LogP contribution in [0.25, 0.3) is 0 Å². The molecule has 31 heavy (non-hydrogen) atoms. The molecule has 12 heteroatoms. The lowest BCUT2D eigenvalue weighted by Crippen LogP contribution is -2.52. The molecule has 0 aromatic carbocycles. The molecule has 0 saturated carbocycles. The summed E-state index contributed by atoms with van der Waals surface area (Å²) < 4.78 is 15.2. The first-order valence-electron chi connectivity index (χ1n) is 10.6. The van der Waals surface area contributed by atoms with Gasteiger partial charge >= 0.3 is 0 Å². The van der Waals surface area contributed by atoms with E-state index in [1.54, 1.807) is 4.68 Å². The Balaban J connectivity index is 0.000000166. The first-order valence-corrected chi connectivity index (χ1v) is 10.6. The van der Waals surface area contributed by atoms with Crippen LogP contribution in [0.15, 0.2) is 0 Å². The lowest BCUT2D eigenvalue weighted by Gasteiger charge is -2.40. The Bertz CT molecular complexity index is 885. The summed E-state index contributed by atoms with van der Waals surface area (Å²) in [6.07, 6.45) is 5.00. The molecule has 0 aliphatic carbocycles. The molecule has 0 atom stereocenters. The third kappa shape index (κ3) is 4.11. The normalized spacial score (nSPS) is 22.7. The number of carbonyl (C=O) groups excluding carboxylic acids is 1. The summed E-state index contributed by atoms with van der Waals surface area (Å²) in [5, 5.41) is 30.2. The molecule has 3 aliphatic rings. The summed E-state index contributed by atoms with van der Waals surface area (Å²) in [6.45, 7) is 9.18. The molecule has 0 amide bonds. The van der Waals surface area contributed by atoms with Crippen LogP contribution in [0.2, 0.25) is 0 Å². The van der Waals surface area contributed by atoms with E-state index in [0.29, 0.717) is 19.6 Å². The third-order valence-corrected chi connectivity index (χ3v) is 6.21. The van der Waals surface area contributed by atoms with Crippen LogP contribution in [0.3, 0.4) is 0 Å². The number of hydrogen-bond donors (Lipinski definition) is 1. The highest BCUT2D eigenvalue weighted by molar-refractivity contribution is 5.86.